The van der Waals surface area contributed by atoms with Crippen LogP contribution in [0.5, 0.6) is 0 Å². The molecule has 0 aromatic carbocycles. The molecular formula is C4H4NO3. The highest BCUT2D eigenvalue weighted by molar-refractivity contribution is 5.56. The van der Waals surface area contributed by atoms with Crippen LogP contribution in [0.15, 0.2) is 0 Å². The molecule has 0 heterocycles. The minimum atomic E-state index is -1.58. The molecular weight excluding hydrogens is 110 g/mol. The predicted octanol–water partition coefficient (Wildman–Crippen LogP) is 0.467. The summed E-state index contributed by atoms with van der Waals surface area (Å²) >= 11 is 0. The van der Waals surface area contributed by atoms with E-state index in [0.717, 1.165) is 0 Å². The Hall–Kier alpha value is -1.24. The van der Waals surface area contributed by atoms with Gasteiger partial charge in [-0.25, -0.2) is 0 Å². The Kier molecular flexibility index (Phi) is 3.32. The summed E-state index contributed by atoms with van der Waals surface area (Å²) in [6.45, 7) is -0.0984. The molecule has 0 fully saturated rings. The number of rotatable bonds is 2. The fourth-order valence-corrected chi connectivity index (χ4v) is 0.180. The van der Waals surface area contributed by atoms with Crippen molar-refractivity contribution in [3.8, 4) is 6.07 Å². The number of carbonyl (C=O) groups is 1. The van der Waals surface area contributed by atoms with Gasteiger partial charge in [0.05, 0.1) is 12.5 Å². The van der Waals surface area contributed by atoms with Crippen molar-refractivity contribution in [1.82, 2.24) is 0 Å². The Morgan fingerprint density at radius 1 is 1.75 bits per heavy atom. The molecule has 0 aliphatic rings. The molecule has 4 nitrogen and oxygen atoms in total. The molecule has 0 saturated carbocycles. The summed E-state index contributed by atoms with van der Waals surface area (Å²) in [5.41, 5.74) is 0. The number of ether oxygens (including phenoxy) is 1. The fourth-order valence-electron chi connectivity index (χ4n) is 0.180. The van der Waals surface area contributed by atoms with Gasteiger partial charge in [-0.2, -0.15) is 15.2 Å². The van der Waals surface area contributed by atoms with Crippen molar-refractivity contribution >= 4 is 6.16 Å². The summed E-state index contributed by atoms with van der Waals surface area (Å²) in [5, 5.41) is 17.3. The largest absolute Gasteiger partial charge is 0.550 e. The van der Waals surface area contributed by atoms with Crippen LogP contribution in [0.25, 0.3) is 0 Å². The Morgan fingerprint density at radius 3 is 2.75 bits per heavy atom. The standard InChI is InChI=1S/C4H4NO3/c5-2-1-3-8-4(6)7/h1,3H2. The number of nitriles is 1. The van der Waals surface area contributed by atoms with Crippen LogP contribution in [-0.2, 0) is 9.84 Å². The summed E-state index contributed by atoms with van der Waals surface area (Å²) < 4.78 is 3.87. The lowest BCUT2D eigenvalue weighted by Crippen LogP contribution is -1.98. The van der Waals surface area contributed by atoms with Crippen molar-refractivity contribution in [3.05, 3.63) is 0 Å². The van der Waals surface area contributed by atoms with Crippen LogP contribution in [0.2, 0.25) is 0 Å². The fraction of sp³-hybridized carbons (Fsp3) is 0.500. The second-order valence-electron chi connectivity index (χ2n) is 1.01. The lowest BCUT2D eigenvalue weighted by molar-refractivity contribution is 0.0696. The quantitative estimate of drug-likeness (QED) is 0.387. The van der Waals surface area contributed by atoms with E-state index in [-0.39, 0.29) is 13.0 Å². The van der Waals surface area contributed by atoms with Crippen molar-refractivity contribution in [1.29, 1.82) is 5.26 Å². The molecule has 1 radical (unpaired) electrons. The maximum Gasteiger partial charge on any atom is 0.550 e. The monoisotopic (exact) mass is 114 g/mol. The molecule has 0 aliphatic carbocycles. The van der Waals surface area contributed by atoms with Gasteiger partial charge in [0.15, 0.2) is 0 Å². The highest BCUT2D eigenvalue weighted by Gasteiger charge is 1.95. The summed E-state index contributed by atoms with van der Waals surface area (Å²) in [5.74, 6) is 0. The highest BCUT2D eigenvalue weighted by Crippen LogP contribution is 1.79. The first-order valence-corrected chi connectivity index (χ1v) is 1.98. The molecule has 0 amide bonds. The maximum absolute atomic E-state index is 9.43. The van der Waals surface area contributed by atoms with Crippen LogP contribution in [0.1, 0.15) is 6.42 Å². The van der Waals surface area contributed by atoms with Gasteiger partial charge in [-0.1, -0.05) is 0 Å². The van der Waals surface area contributed by atoms with Crippen LogP contribution in [-0.4, -0.2) is 12.8 Å². The first kappa shape index (κ1) is 6.76. The van der Waals surface area contributed by atoms with E-state index in [0.29, 0.717) is 0 Å². The van der Waals surface area contributed by atoms with E-state index < -0.39 is 6.16 Å². The van der Waals surface area contributed by atoms with Crippen molar-refractivity contribution in [2.24, 2.45) is 0 Å². The first-order chi connectivity index (χ1) is 3.77. The van der Waals surface area contributed by atoms with E-state index in [2.05, 4.69) is 4.74 Å². The van der Waals surface area contributed by atoms with E-state index in [1.165, 1.54) is 0 Å². The average molecular weight is 114 g/mol. The lowest BCUT2D eigenvalue weighted by Gasteiger charge is -1.88. The predicted molar refractivity (Wildman–Crippen MR) is 22.3 cm³/mol. The molecule has 0 unspecified atom stereocenters. The molecule has 0 atom stereocenters. The smallest absolute Gasteiger partial charge is 0.431 e. The normalized spacial score (nSPS) is 7.38. The van der Waals surface area contributed by atoms with Crippen molar-refractivity contribution in [2.75, 3.05) is 6.61 Å². The van der Waals surface area contributed by atoms with Crippen LogP contribution in [0, 0.1) is 11.3 Å². The van der Waals surface area contributed by atoms with Gasteiger partial charge in [0, 0.05) is 0 Å². The number of hydrogen-bond acceptors (Lipinski definition) is 3. The Morgan fingerprint density at radius 2 is 2.38 bits per heavy atom. The molecule has 0 saturated heterocycles. The van der Waals surface area contributed by atoms with Crippen LogP contribution in [0.3, 0.4) is 0 Å². The zero-order chi connectivity index (χ0) is 6.41. The molecule has 8 heavy (non-hydrogen) atoms. The van der Waals surface area contributed by atoms with E-state index in [4.69, 9.17) is 5.26 Å². The van der Waals surface area contributed by atoms with Gasteiger partial charge >= 0.3 is 6.16 Å². The van der Waals surface area contributed by atoms with Gasteiger partial charge in [0.2, 0.25) is 0 Å². The molecule has 0 aliphatic heterocycles. The van der Waals surface area contributed by atoms with Crippen LogP contribution in [0.4, 0.5) is 4.79 Å². The molecule has 0 N–H and O–H groups in total. The number of nitrogens with zero attached hydrogens (tertiary/aromatic N) is 1. The summed E-state index contributed by atoms with van der Waals surface area (Å²) in [6, 6.07) is 1.71. The highest BCUT2D eigenvalue weighted by atomic mass is 16.7. The SMILES string of the molecule is N#CCCOC([O])=O. The van der Waals surface area contributed by atoms with E-state index in [9.17, 15) is 9.90 Å². The molecule has 0 aromatic rings. The van der Waals surface area contributed by atoms with Gasteiger partial charge in [-0.15, -0.1) is 0 Å². The Bertz CT molecular complexity index is 115. The molecule has 0 aromatic heterocycles. The molecule has 0 bridgehead atoms. The Balaban J connectivity index is 2.97. The van der Waals surface area contributed by atoms with Crippen LogP contribution < -0.4 is 0 Å². The Labute approximate surface area is 46.3 Å². The maximum atomic E-state index is 9.43. The van der Waals surface area contributed by atoms with Crippen LogP contribution >= 0.6 is 0 Å². The molecule has 43 valence electrons. The van der Waals surface area contributed by atoms with E-state index in [1.54, 1.807) is 6.07 Å². The zero-order valence-electron chi connectivity index (χ0n) is 4.09. The van der Waals surface area contributed by atoms with Crippen molar-refractivity contribution in [2.45, 2.75) is 6.42 Å². The van der Waals surface area contributed by atoms with Gasteiger partial charge < -0.3 is 4.74 Å². The minimum Gasteiger partial charge on any atom is -0.431 e. The summed E-state index contributed by atoms with van der Waals surface area (Å²) in [7, 11) is 0. The third-order valence-electron chi connectivity index (χ3n) is 0.434. The summed E-state index contributed by atoms with van der Waals surface area (Å²) in [6.07, 6.45) is -1.51. The van der Waals surface area contributed by atoms with E-state index >= 15 is 0 Å². The minimum absolute atomic E-state index is 0.0774. The van der Waals surface area contributed by atoms with E-state index in [1.807, 2.05) is 0 Å². The van der Waals surface area contributed by atoms with Gasteiger partial charge in [-0.05, 0) is 0 Å². The summed E-state index contributed by atoms with van der Waals surface area (Å²) in [4.78, 5) is 9.43. The van der Waals surface area contributed by atoms with Gasteiger partial charge in [0.25, 0.3) is 0 Å². The van der Waals surface area contributed by atoms with Crippen molar-refractivity contribution in [3.63, 3.8) is 0 Å². The first-order valence-electron chi connectivity index (χ1n) is 1.98. The molecule has 0 spiro atoms. The third kappa shape index (κ3) is 4.76. The topological polar surface area (TPSA) is 70.0 Å². The zero-order valence-corrected chi connectivity index (χ0v) is 4.09. The second kappa shape index (κ2) is 3.93. The lowest BCUT2D eigenvalue weighted by atomic mass is 10.5. The second-order valence-corrected chi connectivity index (χ2v) is 1.01. The third-order valence-corrected chi connectivity index (χ3v) is 0.434. The molecule has 0 rings (SSSR count). The van der Waals surface area contributed by atoms with Crippen molar-refractivity contribution < 1.29 is 14.6 Å². The number of hydrogen-bond donors (Lipinski definition) is 0. The average Bonchev–Trinajstić information content (AvgIpc) is 1.66. The van der Waals surface area contributed by atoms with Gasteiger partial charge in [0.1, 0.15) is 6.61 Å². The van der Waals surface area contributed by atoms with Gasteiger partial charge in [-0.3, -0.25) is 0 Å². The molecule has 4 heteroatoms. The number of carbonyl (C=O) groups excluding carboxylic acids is 1.